The fourth-order valence-electron chi connectivity index (χ4n) is 4.61. The summed E-state index contributed by atoms with van der Waals surface area (Å²) in [5.41, 5.74) is 6.98. The van der Waals surface area contributed by atoms with Gasteiger partial charge in [-0.2, -0.15) is 5.10 Å². The maximum Gasteiger partial charge on any atom is 0.275 e. The number of nitrogens with zero attached hydrogens (tertiary/aromatic N) is 3. The lowest BCUT2D eigenvalue weighted by Gasteiger charge is -2.30. The number of hydrogen-bond donors (Lipinski definition) is 1. The second-order valence-corrected chi connectivity index (χ2v) is 8.51. The van der Waals surface area contributed by atoms with E-state index in [9.17, 15) is 9.59 Å². The maximum atomic E-state index is 13.3. The van der Waals surface area contributed by atoms with E-state index in [-0.39, 0.29) is 11.8 Å². The van der Waals surface area contributed by atoms with Crippen LogP contribution in [-0.4, -0.2) is 44.9 Å². The van der Waals surface area contributed by atoms with E-state index in [1.807, 2.05) is 53.1 Å². The van der Waals surface area contributed by atoms with E-state index in [4.69, 9.17) is 0 Å². The molecule has 0 saturated carbocycles. The molecule has 3 heterocycles. The lowest BCUT2D eigenvalue weighted by atomic mass is 9.98. The first-order valence-corrected chi connectivity index (χ1v) is 10.8. The number of carbonyl (C=O) groups excluding carboxylic acids is 2. The molecule has 1 aromatic heterocycles. The van der Waals surface area contributed by atoms with Crippen LogP contribution in [0.25, 0.3) is 0 Å². The van der Waals surface area contributed by atoms with E-state index >= 15 is 0 Å². The van der Waals surface area contributed by atoms with Crippen molar-refractivity contribution in [2.24, 2.45) is 0 Å². The Labute approximate surface area is 181 Å². The zero-order valence-corrected chi connectivity index (χ0v) is 17.7. The second-order valence-electron chi connectivity index (χ2n) is 8.51. The Morgan fingerprint density at radius 2 is 1.77 bits per heavy atom. The fraction of sp³-hybridized carbons (Fsp3) is 0.320. The van der Waals surface area contributed by atoms with Gasteiger partial charge in [-0.05, 0) is 30.0 Å². The van der Waals surface area contributed by atoms with Gasteiger partial charge in [-0.3, -0.25) is 14.7 Å². The normalized spacial score (nSPS) is 15.4. The highest BCUT2D eigenvalue weighted by Gasteiger charge is 2.31. The molecule has 0 radical (unpaired) electrons. The molecule has 3 aromatic rings. The number of carbonyl (C=O) groups is 2. The second kappa shape index (κ2) is 8.02. The first kappa shape index (κ1) is 19.5. The third kappa shape index (κ3) is 3.85. The van der Waals surface area contributed by atoms with Gasteiger partial charge in [0.25, 0.3) is 5.91 Å². The van der Waals surface area contributed by atoms with Crippen LogP contribution in [-0.2, 0) is 37.1 Å². The quantitative estimate of drug-likeness (QED) is 0.716. The number of aromatic nitrogens is 2. The number of aryl methyl sites for hydroxylation is 1. The first-order chi connectivity index (χ1) is 15.1. The molecular formula is C25H26N4O2. The van der Waals surface area contributed by atoms with E-state index in [1.54, 1.807) is 0 Å². The molecule has 1 N–H and O–H groups in total. The molecule has 2 amide bonds. The molecule has 6 heteroatoms. The average Bonchev–Trinajstić information content (AvgIpc) is 3.21. The summed E-state index contributed by atoms with van der Waals surface area (Å²) in [7, 11) is 0. The molecule has 5 rings (SSSR count). The smallest absolute Gasteiger partial charge is 0.275 e. The molecule has 0 spiro atoms. The predicted molar refractivity (Wildman–Crippen MR) is 117 cm³/mol. The first-order valence-electron chi connectivity index (χ1n) is 10.8. The Balaban J connectivity index is 1.31. The number of fused-ring (bicyclic) bond motifs is 2. The summed E-state index contributed by atoms with van der Waals surface area (Å²) >= 11 is 0. The number of nitrogens with one attached hydrogen (secondary N) is 1. The molecule has 158 valence electrons. The molecular weight excluding hydrogens is 388 g/mol. The van der Waals surface area contributed by atoms with Gasteiger partial charge in [0.05, 0.1) is 6.42 Å². The average molecular weight is 415 g/mol. The molecule has 2 aliphatic rings. The zero-order valence-electron chi connectivity index (χ0n) is 17.7. The summed E-state index contributed by atoms with van der Waals surface area (Å²) in [6, 6.07) is 16.3. The number of hydrogen-bond acceptors (Lipinski definition) is 3. The largest absolute Gasteiger partial charge is 0.338 e. The van der Waals surface area contributed by atoms with Crippen molar-refractivity contribution >= 4 is 11.8 Å². The number of benzene rings is 2. The van der Waals surface area contributed by atoms with E-state index < -0.39 is 0 Å². The summed E-state index contributed by atoms with van der Waals surface area (Å²) in [4.78, 5) is 29.9. The van der Waals surface area contributed by atoms with Crippen molar-refractivity contribution in [3.8, 4) is 0 Å². The Bertz CT molecular complexity index is 1150. The van der Waals surface area contributed by atoms with E-state index in [0.29, 0.717) is 44.7 Å². The lowest BCUT2D eigenvalue weighted by molar-refractivity contribution is -0.131. The van der Waals surface area contributed by atoms with Crippen molar-refractivity contribution < 1.29 is 9.59 Å². The van der Waals surface area contributed by atoms with Gasteiger partial charge in [-0.15, -0.1) is 0 Å². The Hall–Kier alpha value is -3.41. The number of H-pyrrole nitrogens is 1. The molecule has 0 unspecified atom stereocenters. The van der Waals surface area contributed by atoms with E-state index in [0.717, 1.165) is 28.8 Å². The predicted octanol–water partition coefficient (Wildman–Crippen LogP) is 3.04. The van der Waals surface area contributed by atoms with Crippen LogP contribution >= 0.6 is 0 Å². The third-order valence-corrected chi connectivity index (χ3v) is 6.34. The molecule has 0 fully saturated rings. The van der Waals surface area contributed by atoms with Gasteiger partial charge in [0.15, 0.2) is 5.69 Å². The summed E-state index contributed by atoms with van der Waals surface area (Å²) in [5.74, 6) is 0.0303. The molecule has 2 aromatic carbocycles. The van der Waals surface area contributed by atoms with E-state index in [1.165, 1.54) is 11.1 Å². The van der Waals surface area contributed by atoms with Crippen molar-refractivity contribution in [2.45, 2.75) is 39.3 Å². The summed E-state index contributed by atoms with van der Waals surface area (Å²) in [6.07, 6.45) is 1.93. The molecule has 0 aliphatic carbocycles. The molecule has 0 bridgehead atoms. The Morgan fingerprint density at radius 3 is 2.61 bits per heavy atom. The van der Waals surface area contributed by atoms with Crippen LogP contribution in [0.15, 0.2) is 48.5 Å². The Morgan fingerprint density at radius 1 is 0.968 bits per heavy atom. The summed E-state index contributed by atoms with van der Waals surface area (Å²) in [6.45, 7) is 4.40. The lowest BCUT2D eigenvalue weighted by Crippen LogP contribution is -2.39. The highest BCUT2D eigenvalue weighted by molar-refractivity contribution is 5.94. The van der Waals surface area contributed by atoms with Crippen molar-refractivity contribution in [2.75, 3.05) is 13.1 Å². The van der Waals surface area contributed by atoms with Crippen LogP contribution in [0.5, 0.6) is 0 Å². The van der Waals surface area contributed by atoms with Crippen molar-refractivity contribution in [3.05, 3.63) is 87.7 Å². The molecule has 6 nitrogen and oxygen atoms in total. The van der Waals surface area contributed by atoms with Crippen LogP contribution in [0.1, 0.15) is 44.0 Å². The van der Waals surface area contributed by atoms with Gasteiger partial charge in [-0.25, -0.2) is 0 Å². The van der Waals surface area contributed by atoms with Crippen molar-refractivity contribution in [3.63, 3.8) is 0 Å². The van der Waals surface area contributed by atoms with E-state index in [2.05, 4.69) is 22.3 Å². The fourth-order valence-corrected chi connectivity index (χ4v) is 4.61. The molecule has 31 heavy (non-hydrogen) atoms. The number of amides is 2. The highest BCUT2D eigenvalue weighted by atomic mass is 16.2. The van der Waals surface area contributed by atoms with Crippen molar-refractivity contribution in [1.82, 2.24) is 20.0 Å². The van der Waals surface area contributed by atoms with Gasteiger partial charge in [0.1, 0.15) is 0 Å². The topological polar surface area (TPSA) is 69.3 Å². The number of aromatic amines is 1. The minimum Gasteiger partial charge on any atom is -0.338 e. The minimum atomic E-state index is -0.0556. The van der Waals surface area contributed by atoms with Gasteiger partial charge in [0, 0.05) is 43.9 Å². The van der Waals surface area contributed by atoms with Gasteiger partial charge in [-0.1, -0.05) is 54.1 Å². The van der Waals surface area contributed by atoms with Crippen LogP contribution in [0.2, 0.25) is 0 Å². The van der Waals surface area contributed by atoms with Crippen LogP contribution < -0.4 is 0 Å². The van der Waals surface area contributed by atoms with Crippen molar-refractivity contribution in [1.29, 1.82) is 0 Å². The summed E-state index contributed by atoms with van der Waals surface area (Å²) in [5, 5.41) is 7.41. The number of rotatable bonds is 3. The third-order valence-electron chi connectivity index (χ3n) is 6.34. The standard InChI is InChI=1S/C25H26N4O2/c1-17-5-4-6-18(13-17)14-23(30)28-12-10-22-21(16-28)24(27-26-22)25(31)29-11-9-19-7-2-3-8-20(19)15-29/h2-8,13H,9-12,14-16H2,1H3,(H,26,27). The Kier molecular flexibility index (Phi) is 5.06. The monoisotopic (exact) mass is 414 g/mol. The van der Waals surface area contributed by atoms with Gasteiger partial charge in [0.2, 0.25) is 5.91 Å². The highest BCUT2D eigenvalue weighted by Crippen LogP contribution is 2.25. The van der Waals surface area contributed by atoms with Gasteiger partial charge >= 0.3 is 0 Å². The van der Waals surface area contributed by atoms with Crippen LogP contribution in [0, 0.1) is 6.92 Å². The summed E-state index contributed by atoms with van der Waals surface area (Å²) < 4.78 is 0. The zero-order chi connectivity index (χ0) is 21.4. The van der Waals surface area contributed by atoms with Crippen LogP contribution in [0.3, 0.4) is 0 Å². The maximum absolute atomic E-state index is 13.3. The molecule has 0 saturated heterocycles. The SMILES string of the molecule is Cc1cccc(CC(=O)N2CCc3[nH]nc(C(=O)N4CCc5ccccc5C4)c3C2)c1. The minimum absolute atomic E-state index is 0.0556. The van der Waals surface area contributed by atoms with Gasteiger partial charge < -0.3 is 9.80 Å². The molecule has 2 aliphatic heterocycles. The van der Waals surface area contributed by atoms with Crippen LogP contribution in [0.4, 0.5) is 0 Å². The molecule has 0 atom stereocenters.